The highest BCUT2D eigenvalue weighted by Crippen LogP contribution is 2.27. The van der Waals surface area contributed by atoms with Crippen LogP contribution in [0.15, 0.2) is 42.5 Å². The van der Waals surface area contributed by atoms with Crippen molar-refractivity contribution >= 4 is 0 Å². The molecule has 0 spiro atoms. The number of benzene rings is 2. The van der Waals surface area contributed by atoms with E-state index in [0.717, 1.165) is 6.42 Å². The molecule has 0 fully saturated rings. The monoisotopic (exact) mass is 253 g/mol. The molecule has 1 nitrogen and oxygen atoms in total. The van der Waals surface area contributed by atoms with Crippen molar-refractivity contribution in [1.82, 2.24) is 0 Å². The van der Waals surface area contributed by atoms with Crippen LogP contribution in [0.1, 0.15) is 34.7 Å². The number of hydrogen-bond acceptors (Lipinski definition) is 1. The average Bonchev–Trinajstić information content (AvgIpc) is 2.35. The molecule has 1 atom stereocenters. The predicted molar refractivity (Wildman–Crippen MR) is 82.3 cm³/mol. The van der Waals surface area contributed by atoms with E-state index in [1.165, 1.54) is 27.8 Å². The lowest BCUT2D eigenvalue weighted by Gasteiger charge is -2.28. The van der Waals surface area contributed by atoms with E-state index in [0.29, 0.717) is 0 Å². The van der Waals surface area contributed by atoms with Gasteiger partial charge in [-0.25, -0.2) is 0 Å². The maximum absolute atomic E-state index is 6.61. The third-order valence-corrected chi connectivity index (χ3v) is 3.83. The number of hydrogen-bond donors (Lipinski definition) is 1. The topological polar surface area (TPSA) is 26.0 Å². The predicted octanol–water partition coefficient (Wildman–Crippen LogP) is 4.03. The third kappa shape index (κ3) is 3.05. The average molecular weight is 253 g/mol. The minimum Gasteiger partial charge on any atom is -0.321 e. The lowest BCUT2D eigenvalue weighted by Crippen LogP contribution is -2.36. The molecular weight excluding hydrogens is 230 g/mol. The Bertz CT molecular complexity index is 582. The van der Waals surface area contributed by atoms with E-state index in [4.69, 9.17) is 5.73 Å². The first kappa shape index (κ1) is 13.8. The van der Waals surface area contributed by atoms with Crippen molar-refractivity contribution in [1.29, 1.82) is 0 Å². The van der Waals surface area contributed by atoms with Crippen molar-refractivity contribution in [2.24, 2.45) is 5.73 Å². The van der Waals surface area contributed by atoms with Crippen LogP contribution in [0.5, 0.6) is 0 Å². The van der Waals surface area contributed by atoms with Gasteiger partial charge in [0.05, 0.1) is 0 Å². The number of nitrogens with two attached hydrogens (primary N) is 1. The quantitative estimate of drug-likeness (QED) is 0.878. The van der Waals surface area contributed by atoms with Gasteiger partial charge in [0.2, 0.25) is 0 Å². The van der Waals surface area contributed by atoms with Crippen LogP contribution in [0, 0.1) is 20.8 Å². The molecule has 0 saturated heterocycles. The Kier molecular flexibility index (Phi) is 3.77. The van der Waals surface area contributed by atoms with Crippen LogP contribution in [0.2, 0.25) is 0 Å². The lowest BCUT2D eigenvalue weighted by atomic mass is 9.82. The van der Waals surface area contributed by atoms with Gasteiger partial charge in [-0.2, -0.15) is 0 Å². The molecule has 0 aromatic heterocycles. The van der Waals surface area contributed by atoms with Gasteiger partial charge in [-0.15, -0.1) is 0 Å². The van der Waals surface area contributed by atoms with Crippen LogP contribution in [0.4, 0.5) is 0 Å². The highest BCUT2D eigenvalue weighted by Gasteiger charge is 2.24. The molecule has 0 bridgehead atoms. The molecule has 0 aliphatic carbocycles. The van der Waals surface area contributed by atoms with Gasteiger partial charge in [-0.05, 0) is 56.4 Å². The van der Waals surface area contributed by atoms with Crippen LogP contribution in [-0.4, -0.2) is 0 Å². The minimum atomic E-state index is -0.331. The molecule has 2 aromatic carbocycles. The van der Waals surface area contributed by atoms with E-state index in [9.17, 15) is 0 Å². The van der Waals surface area contributed by atoms with Gasteiger partial charge in [0.1, 0.15) is 0 Å². The highest BCUT2D eigenvalue weighted by molar-refractivity contribution is 5.38. The summed E-state index contributed by atoms with van der Waals surface area (Å²) in [5.41, 5.74) is 12.7. The van der Waals surface area contributed by atoms with Crippen LogP contribution in [0.3, 0.4) is 0 Å². The zero-order valence-corrected chi connectivity index (χ0v) is 12.3. The van der Waals surface area contributed by atoms with E-state index in [2.05, 4.69) is 70.2 Å². The normalized spacial score (nSPS) is 14.2. The summed E-state index contributed by atoms with van der Waals surface area (Å²) in [6, 6.07) is 15.0. The Morgan fingerprint density at radius 2 is 1.63 bits per heavy atom. The molecule has 100 valence electrons. The Labute approximate surface area is 116 Å². The number of aryl methyl sites for hydroxylation is 3. The van der Waals surface area contributed by atoms with Crippen molar-refractivity contribution in [2.45, 2.75) is 39.7 Å². The molecule has 0 aliphatic heterocycles. The molecule has 19 heavy (non-hydrogen) atoms. The minimum absolute atomic E-state index is 0.331. The molecule has 2 aromatic rings. The first-order chi connectivity index (χ1) is 8.90. The van der Waals surface area contributed by atoms with Crippen molar-refractivity contribution in [3.63, 3.8) is 0 Å². The summed E-state index contributed by atoms with van der Waals surface area (Å²) in [4.78, 5) is 0. The molecule has 0 amide bonds. The van der Waals surface area contributed by atoms with E-state index in [1.54, 1.807) is 0 Å². The van der Waals surface area contributed by atoms with Crippen molar-refractivity contribution in [3.8, 4) is 0 Å². The fraction of sp³-hybridized carbons (Fsp3) is 0.333. The Balaban J connectivity index is 2.37. The summed E-state index contributed by atoms with van der Waals surface area (Å²) < 4.78 is 0. The summed E-state index contributed by atoms with van der Waals surface area (Å²) in [5, 5.41) is 0. The van der Waals surface area contributed by atoms with Gasteiger partial charge < -0.3 is 5.73 Å². The smallest absolute Gasteiger partial charge is 0.0424 e. The Hall–Kier alpha value is -1.60. The molecule has 2 N–H and O–H groups in total. The van der Waals surface area contributed by atoms with Gasteiger partial charge in [-0.1, -0.05) is 48.0 Å². The highest BCUT2D eigenvalue weighted by atomic mass is 14.7. The molecule has 0 saturated carbocycles. The van der Waals surface area contributed by atoms with Crippen LogP contribution < -0.4 is 5.73 Å². The molecule has 1 heteroatoms. The van der Waals surface area contributed by atoms with E-state index in [1.807, 2.05) is 0 Å². The van der Waals surface area contributed by atoms with Crippen molar-refractivity contribution in [2.75, 3.05) is 0 Å². The first-order valence-corrected chi connectivity index (χ1v) is 6.81. The molecule has 2 rings (SSSR count). The summed E-state index contributed by atoms with van der Waals surface area (Å²) in [6.45, 7) is 8.53. The second-order valence-corrected chi connectivity index (χ2v) is 5.84. The Morgan fingerprint density at radius 3 is 2.32 bits per heavy atom. The molecule has 0 aliphatic rings. The van der Waals surface area contributed by atoms with Gasteiger partial charge in [0.25, 0.3) is 0 Å². The van der Waals surface area contributed by atoms with Gasteiger partial charge >= 0.3 is 0 Å². The third-order valence-electron chi connectivity index (χ3n) is 3.83. The van der Waals surface area contributed by atoms with Crippen molar-refractivity contribution in [3.05, 3.63) is 70.3 Å². The van der Waals surface area contributed by atoms with Crippen LogP contribution in [0.25, 0.3) is 0 Å². The van der Waals surface area contributed by atoms with E-state index in [-0.39, 0.29) is 5.54 Å². The summed E-state index contributed by atoms with van der Waals surface area (Å²) >= 11 is 0. The zero-order valence-electron chi connectivity index (χ0n) is 12.3. The summed E-state index contributed by atoms with van der Waals surface area (Å²) in [5.74, 6) is 0. The molecule has 0 radical (unpaired) electrons. The fourth-order valence-electron chi connectivity index (χ4n) is 2.65. The zero-order chi connectivity index (χ0) is 14.0. The van der Waals surface area contributed by atoms with Gasteiger partial charge in [-0.3, -0.25) is 0 Å². The SMILES string of the molecule is Cc1ccc(C)c(C(C)(N)Cc2ccccc2C)c1. The Morgan fingerprint density at radius 1 is 0.947 bits per heavy atom. The largest absolute Gasteiger partial charge is 0.321 e. The second kappa shape index (κ2) is 5.18. The second-order valence-electron chi connectivity index (χ2n) is 5.84. The maximum atomic E-state index is 6.61. The standard InChI is InChI=1S/C18H23N/c1-13-9-10-15(3)17(11-13)18(4,19)12-16-8-6-5-7-14(16)2/h5-11H,12,19H2,1-4H3. The lowest BCUT2D eigenvalue weighted by molar-refractivity contribution is 0.487. The van der Waals surface area contributed by atoms with E-state index >= 15 is 0 Å². The van der Waals surface area contributed by atoms with Gasteiger partial charge in [0.15, 0.2) is 0 Å². The van der Waals surface area contributed by atoms with Crippen molar-refractivity contribution < 1.29 is 0 Å². The molecular formula is C18H23N. The van der Waals surface area contributed by atoms with Crippen LogP contribution >= 0.6 is 0 Å². The van der Waals surface area contributed by atoms with Gasteiger partial charge in [0, 0.05) is 5.54 Å². The fourth-order valence-corrected chi connectivity index (χ4v) is 2.65. The summed E-state index contributed by atoms with van der Waals surface area (Å²) in [6.07, 6.45) is 0.865. The van der Waals surface area contributed by atoms with E-state index < -0.39 is 0 Å². The molecule has 1 unspecified atom stereocenters. The summed E-state index contributed by atoms with van der Waals surface area (Å²) in [7, 11) is 0. The maximum Gasteiger partial charge on any atom is 0.0424 e. The first-order valence-electron chi connectivity index (χ1n) is 6.81. The molecule has 0 heterocycles. The number of rotatable bonds is 3. The van der Waals surface area contributed by atoms with Crippen LogP contribution in [-0.2, 0) is 12.0 Å².